The van der Waals surface area contributed by atoms with Crippen molar-refractivity contribution < 1.29 is 9.69 Å². The Kier molecular flexibility index (Phi) is 4.21. The number of thiophene rings is 1. The van der Waals surface area contributed by atoms with Crippen LogP contribution in [0.2, 0.25) is 10.0 Å². The highest BCUT2D eigenvalue weighted by atomic mass is 35.5. The summed E-state index contributed by atoms with van der Waals surface area (Å²) in [5, 5.41) is 8.46. The van der Waals surface area contributed by atoms with Crippen molar-refractivity contribution in [1.29, 1.82) is 0 Å². The van der Waals surface area contributed by atoms with Crippen LogP contribution in [0, 0.1) is 0 Å². The van der Waals surface area contributed by atoms with Crippen LogP contribution in [-0.4, -0.2) is 19.0 Å². The van der Waals surface area contributed by atoms with Crippen LogP contribution in [0.1, 0.15) is 39.5 Å². The van der Waals surface area contributed by atoms with Gasteiger partial charge in [0.25, 0.3) is 5.91 Å². The molecule has 7 heteroatoms. The summed E-state index contributed by atoms with van der Waals surface area (Å²) in [6.45, 7) is 5.39. The highest BCUT2D eigenvalue weighted by molar-refractivity contribution is 7.16. The minimum Gasteiger partial charge on any atom is -0.353 e. The summed E-state index contributed by atoms with van der Waals surface area (Å²) in [7, 11) is 0. The molecule has 1 aromatic heterocycles. The van der Waals surface area contributed by atoms with E-state index in [1.807, 2.05) is 0 Å². The lowest BCUT2D eigenvalue weighted by Crippen LogP contribution is -3.11. The third-order valence-corrected chi connectivity index (χ3v) is 6.62. The highest BCUT2D eigenvalue weighted by Gasteiger charge is 2.35. The third-order valence-electron chi connectivity index (χ3n) is 4.80. The van der Waals surface area contributed by atoms with Gasteiger partial charge in [-0.1, -0.05) is 29.3 Å². The maximum absolute atomic E-state index is 12.7. The number of carbonyl (C=O) groups excluding carboxylic acids is 1. The van der Waals surface area contributed by atoms with Gasteiger partial charge in [-0.3, -0.25) is 4.79 Å². The van der Waals surface area contributed by atoms with Crippen LogP contribution < -0.4 is 15.5 Å². The Bertz CT molecular complexity index is 800. The van der Waals surface area contributed by atoms with Gasteiger partial charge < -0.3 is 15.5 Å². The van der Waals surface area contributed by atoms with E-state index in [2.05, 4.69) is 17.6 Å². The molecule has 1 amide bonds. The van der Waals surface area contributed by atoms with E-state index >= 15 is 0 Å². The SMILES string of the molecule is CC[NH+]1CCc2c(sc3c2C(=O)N[C@@H](c2c(Cl)cccc2Cl)N3)C1. The van der Waals surface area contributed by atoms with Crippen LogP contribution in [0.5, 0.6) is 0 Å². The van der Waals surface area contributed by atoms with Gasteiger partial charge in [-0.05, 0) is 24.6 Å². The van der Waals surface area contributed by atoms with Gasteiger partial charge in [0, 0.05) is 22.0 Å². The first kappa shape index (κ1) is 16.2. The highest BCUT2D eigenvalue weighted by Crippen LogP contribution is 2.41. The topological polar surface area (TPSA) is 45.6 Å². The molecule has 126 valence electrons. The molecule has 2 aliphatic heterocycles. The van der Waals surface area contributed by atoms with E-state index in [-0.39, 0.29) is 5.91 Å². The lowest BCUT2D eigenvalue weighted by Gasteiger charge is -2.28. The number of rotatable bonds is 2. The first-order chi connectivity index (χ1) is 11.6. The minimum atomic E-state index is -0.402. The van der Waals surface area contributed by atoms with Crippen LogP contribution in [0.4, 0.5) is 5.00 Å². The summed E-state index contributed by atoms with van der Waals surface area (Å²) in [6, 6.07) is 5.37. The molecule has 2 atom stereocenters. The zero-order valence-corrected chi connectivity index (χ0v) is 15.5. The van der Waals surface area contributed by atoms with E-state index in [9.17, 15) is 4.79 Å². The van der Waals surface area contributed by atoms with E-state index in [0.29, 0.717) is 15.6 Å². The van der Waals surface area contributed by atoms with Crippen LogP contribution in [0.3, 0.4) is 0 Å². The predicted molar refractivity (Wildman–Crippen MR) is 98.4 cm³/mol. The molecule has 0 fully saturated rings. The number of anilines is 1. The maximum Gasteiger partial charge on any atom is 0.256 e. The predicted octanol–water partition coefficient (Wildman–Crippen LogP) is 2.87. The molecule has 0 bridgehead atoms. The zero-order valence-electron chi connectivity index (χ0n) is 13.2. The zero-order chi connectivity index (χ0) is 16.8. The van der Waals surface area contributed by atoms with Crippen LogP contribution in [0.25, 0.3) is 0 Å². The van der Waals surface area contributed by atoms with E-state index in [1.165, 1.54) is 10.4 Å². The third kappa shape index (κ3) is 2.60. The molecule has 0 saturated heterocycles. The fourth-order valence-corrected chi connectivity index (χ4v) is 5.44. The number of hydrogen-bond acceptors (Lipinski definition) is 3. The molecular formula is C17H18Cl2N3OS+. The molecule has 4 rings (SSSR count). The molecule has 0 saturated carbocycles. The van der Waals surface area contributed by atoms with Crippen molar-refractivity contribution >= 4 is 45.4 Å². The molecule has 1 aromatic carbocycles. The summed E-state index contributed by atoms with van der Waals surface area (Å²) in [5.74, 6) is -0.0396. The Balaban J connectivity index is 1.71. The number of halogens is 2. The Morgan fingerprint density at radius 3 is 2.75 bits per heavy atom. The van der Waals surface area contributed by atoms with Gasteiger partial charge in [0.15, 0.2) is 0 Å². The summed E-state index contributed by atoms with van der Waals surface area (Å²) >= 11 is 14.3. The van der Waals surface area contributed by atoms with Crippen molar-refractivity contribution in [1.82, 2.24) is 5.32 Å². The van der Waals surface area contributed by atoms with Gasteiger partial charge in [0.05, 0.1) is 23.5 Å². The number of nitrogens with one attached hydrogen (secondary N) is 3. The molecule has 3 heterocycles. The molecule has 24 heavy (non-hydrogen) atoms. The number of carbonyl (C=O) groups is 1. The average molecular weight is 383 g/mol. The van der Waals surface area contributed by atoms with Crippen molar-refractivity contribution in [3.63, 3.8) is 0 Å². The Labute approximate surface area is 154 Å². The van der Waals surface area contributed by atoms with E-state index in [4.69, 9.17) is 23.2 Å². The second-order valence-corrected chi connectivity index (χ2v) is 8.09. The lowest BCUT2D eigenvalue weighted by molar-refractivity contribution is -0.913. The van der Waals surface area contributed by atoms with Crippen molar-refractivity contribution in [2.24, 2.45) is 0 Å². The van der Waals surface area contributed by atoms with Gasteiger partial charge in [0.1, 0.15) is 17.7 Å². The monoisotopic (exact) mass is 382 g/mol. The standard InChI is InChI=1S/C17H17Cl2N3OS/c1-2-22-7-6-9-12(8-22)24-17-13(9)16(23)20-15(21-17)14-10(18)4-3-5-11(14)19/h3-5,15,21H,2,6-8H2,1H3,(H,20,23)/p+1/t15-/m1/s1. The Morgan fingerprint density at radius 2 is 2.04 bits per heavy atom. The second-order valence-electron chi connectivity index (χ2n) is 6.17. The van der Waals surface area contributed by atoms with Crippen molar-refractivity contribution in [3.05, 3.63) is 49.8 Å². The number of amides is 1. The average Bonchev–Trinajstić information content (AvgIpc) is 2.92. The van der Waals surface area contributed by atoms with Crippen molar-refractivity contribution in [2.75, 3.05) is 18.4 Å². The molecule has 0 spiro atoms. The molecule has 1 unspecified atom stereocenters. The quantitative estimate of drug-likeness (QED) is 0.747. The largest absolute Gasteiger partial charge is 0.353 e. The number of fused-ring (bicyclic) bond motifs is 3. The normalized spacial score (nSPS) is 22.4. The van der Waals surface area contributed by atoms with Crippen LogP contribution in [0.15, 0.2) is 18.2 Å². The van der Waals surface area contributed by atoms with Gasteiger partial charge in [0.2, 0.25) is 0 Å². The fourth-order valence-electron chi connectivity index (χ4n) is 3.48. The Hall–Kier alpha value is -1.27. The fraction of sp³-hybridized carbons (Fsp3) is 0.353. The van der Waals surface area contributed by atoms with Crippen molar-refractivity contribution in [2.45, 2.75) is 26.1 Å². The lowest BCUT2D eigenvalue weighted by atomic mass is 10.0. The molecule has 3 N–H and O–H groups in total. The molecule has 0 aliphatic carbocycles. The van der Waals surface area contributed by atoms with Crippen LogP contribution in [-0.2, 0) is 13.0 Å². The Morgan fingerprint density at radius 1 is 1.29 bits per heavy atom. The van der Waals surface area contributed by atoms with Gasteiger partial charge in [-0.25, -0.2) is 0 Å². The minimum absolute atomic E-state index is 0.0396. The van der Waals surface area contributed by atoms with Gasteiger partial charge in [-0.2, -0.15) is 0 Å². The first-order valence-corrected chi connectivity index (χ1v) is 9.65. The van der Waals surface area contributed by atoms with Crippen molar-refractivity contribution in [3.8, 4) is 0 Å². The smallest absolute Gasteiger partial charge is 0.256 e. The first-order valence-electron chi connectivity index (χ1n) is 8.08. The van der Waals surface area contributed by atoms with E-state index in [0.717, 1.165) is 36.6 Å². The second kappa shape index (κ2) is 6.23. The summed E-state index contributed by atoms with van der Waals surface area (Å²) in [4.78, 5) is 15.6. The number of hydrogen-bond donors (Lipinski definition) is 3. The maximum atomic E-state index is 12.7. The summed E-state index contributed by atoms with van der Waals surface area (Å²) in [5.41, 5.74) is 2.73. The number of quaternary nitrogens is 1. The van der Waals surface area contributed by atoms with Gasteiger partial charge in [-0.15, -0.1) is 11.3 Å². The van der Waals surface area contributed by atoms with Gasteiger partial charge >= 0.3 is 0 Å². The number of likely N-dealkylation sites (N-methyl/N-ethyl adjacent to an activating group) is 1. The molecular weight excluding hydrogens is 365 g/mol. The van der Waals surface area contributed by atoms with E-state index < -0.39 is 6.17 Å². The summed E-state index contributed by atoms with van der Waals surface area (Å²) in [6.07, 6.45) is 0.553. The molecule has 0 radical (unpaired) electrons. The molecule has 2 aromatic rings. The summed E-state index contributed by atoms with van der Waals surface area (Å²) < 4.78 is 0. The van der Waals surface area contributed by atoms with Crippen LogP contribution >= 0.6 is 34.5 Å². The molecule has 4 nitrogen and oxygen atoms in total. The van der Waals surface area contributed by atoms with E-state index in [1.54, 1.807) is 34.4 Å². The molecule has 2 aliphatic rings. The number of benzene rings is 1.